The van der Waals surface area contributed by atoms with Crippen molar-refractivity contribution in [2.24, 2.45) is 5.73 Å². The summed E-state index contributed by atoms with van der Waals surface area (Å²) in [4.78, 5) is 16.7. The zero-order valence-corrected chi connectivity index (χ0v) is 11.6. The third-order valence-electron chi connectivity index (χ3n) is 3.53. The number of aromatic nitrogens is 1. The van der Waals surface area contributed by atoms with Crippen molar-refractivity contribution in [3.63, 3.8) is 0 Å². The van der Waals surface area contributed by atoms with Crippen molar-refractivity contribution in [1.82, 2.24) is 4.98 Å². The fraction of sp³-hybridized carbons (Fsp3) is 0.462. The van der Waals surface area contributed by atoms with Crippen LogP contribution in [-0.2, 0) is 4.74 Å². The zero-order valence-electron chi connectivity index (χ0n) is 11.6. The van der Waals surface area contributed by atoms with Crippen LogP contribution in [0.15, 0.2) is 22.6 Å². The number of fused-ring (bicyclic) bond motifs is 1. The van der Waals surface area contributed by atoms with Gasteiger partial charge >= 0.3 is 0 Å². The van der Waals surface area contributed by atoms with Crippen LogP contribution in [0.3, 0.4) is 0 Å². The third kappa shape index (κ3) is 2.55. The maximum Gasteiger partial charge on any atom is 0.298 e. The summed E-state index contributed by atoms with van der Waals surface area (Å²) in [5, 5.41) is 11.0. The first-order chi connectivity index (χ1) is 10.1. The van der Waals surface area contributed by atoms with E-state index in [0.717, 1.165) is 0 Å². The molecular weight excluding hydrogens is 276 g/mol. The van der Waals surface area contributed by atoms with E-state index in [1.807, 2.05) is 11.8 Å². The first-order valence-electron chi connectivity index (χ1n) is 6.72. The second-order valence-corrected chi connectivity index (χ2v) is 5.09. The molecule has 0 amide bonds. The van der Waals surface area contributed by atoms with Gasteiger partial charge in [-0.05, 0) is 13.0 Å². The largest absolute Gasteiger partial charge is 0.423 e. The molecule has 0 aliphatic carbocycles. The summed E-state index contributed by atoms with van der Waals surface area (Å²) >= 11 is 0. The van der Waals surface area contributed by atoms with Crippen LogP contribution in [0, 0.1) is 10.1 Å². The molecule has 0 bridgehead atoms. The molecule has 8 nitrogen and oxygen atoms in total. The Bertz CT molecular complexity index is 669. The highest BCUT2D eigenvalue weighted by Crippen LogP contribution is 2.29. The Morgan fingerprint density at radius 2 is 2.38 bits per heavy atom. The molecule has 2 atom stereocenters. The van der Waals surface area contributed by atoms with Crippen LogP contribution in [-0.4, -0.2) is 41.7 Å². The number of nitrogens with zero attached hydrogens (tertiary/aromatic N) is 3. The molecule has 1 aromatic carbocycles. The van der Waals surface area contributed by atoms with E-state index >= 15 is 0 Å². The number of rotatable bonds is 3. The number of benzene rings is 1. The van der Waals surface area contributed by atoms with Crippen LogP contribution in [0.5, 0.6) is 0 Å². The molecule has 3 rings (SSSR count). The number of hydrogen-bond acceptors (Lipinski definition) is 7. The maximum absolute atomic E-state index is 11.0. The van der Waals surface area contributed by atoms with Gasteiger partial charge in [0.05, 0.1) is 24.2 Å². The number of nitro benzene ring substituents is 1. The number of hydrogen-bond donors (Lipinski definition) is 1. The Morgan fingerprint density at radius 1 is 1.57 bits per heavy atom. The van der Waals surface area contributed by atoms with Crippen LogP contribution in [0.4, 0.5) is 11.7 Å². The lowest BCUT2D eigenvalue weighted by Crippen LogP contribution is -2.49. The van der Waals surface area contributed by atoms with E-state index in [0.29, 0.717) is 31.3 Å². The monoisotopic (exact) mass is 292 g/mol. The Kier molecular flexibility index (Phi) is 3.48. The van der Waals surface area contributed by atoms with Gasteiger partial charge in [0.1, 0.15) is 0 Å². The van der Waals surface area contributed by atoms with Crippen molar-refractivity contribution >= 4 is 22.8 Å². The Morgan fingerprint density at radius 3 is 3.10 bits per heavy atom. The number of para-hydroxylation sites is 1. The molecule has 1 aliphatic rings. The summed E-state index contributed by atoms with van der Waals surface area (Å²) in [6, 6.07) is 4.93. The lowest BCUT2D eigenvalue weighted by Gasteiger charge is -2.33. The predicted octanol–water partition coefficient (Wildman–Crippen LogP) is 1.29. The normalized spacial score (nSPS) is 20.7. The zero-order chi connectivity index (χ0) is 15.0. The molecule has 0 saturated carbocycles. The van der Waals surface area contributed by atoms with E-state index < -0.39 is 4.92 Å². The fourth-order valence-electron chi connectivity index (χ4n) is 2.37. The van der Waals surface area contributed by atoms with Crippen LogP contribution in [0.2, 0.25) is 0 Å². The molecule has 2 unspecified atom stereocenters. The molecule has 1 aliphatic heterocycles. The molecular formula is C13H16N4O4. The minimum atomic E-state index is -0.460. The van der Waals surface area contributed by atoms with Gasteiger partial charge in [-0.25, -0.2) is 0 Å². The quantitative estimate of drug-likeness (QED) is 0.670. The predicted molar refractivity (Wildman–Crippen MR) is 76.3 cm³/mol. The van der Waals surface area contributed by atoms with Crippen LogP contribution in [0.1, 0.15) is 6.92 Å². The minimum absolute atomic E-state index is 0.0560. The second kappa shape index (κ2) is 5.30. The summed E-state index contributed by atoms with van der Waals surface area (Å²) in [6.07, 6.45) is -0.108. The third-order valence-corrected chi connectivity index (χ3v) is 3.53. The van der Waals surface area contributed by atoms with E-state index in [-0.39, 0.29) is 23.3 Å². The molecule has 0 radical (unpaired) electrons. The topological polar surface area (TPSA) is 108 Å². The number of ether oxygens (including phenoxy) is 1. The Balaban J connectivity index is 1.94. The van der Waals surface area contributed by atoms with Gasteiger partial charge in [-0.15, -0.1) is 0 Å². The summed E-state index contributed by atoms with van der Waals surface area (Å²) in [7, 11) is 0. The average Bonchev–Trinajstić information content (AvgIpc) is 2.91. The molecule has 1 fully saturated rings. The van der Waals surface area contributed by atoms with E-state index in [2.05, 4.69) is 4.98 Å². The van der Waals surface area contributed by atoms with Gasteiger partial charge in [-0.2, -0.15) is 4.98 Å². The minimum Gasteiger partial charge on any atom is -0.423 e. The number of anilines is 1. The van der Waals surface area contributed by atoms with Gasteiger partial charge in [0.15, 0.2) is 11.1 Å². The Labute approximate surface area is 120 Å². The lowest BCUT2D eigenvalue weighted by atomic mass is 10.1. The molecule has 2 heterocycles. The number of non-ortho nitro benzene ring substituents is 1. The SMILES string of the molecule is CC(N)C1CN(c2nc3c([N+](=O)[O-])cccc3o2)CCO1. The van der Waals surface area contributed by atoms with Crippen molar-refractivity contribution in [2.45, 2.75) is 19.1 Å². The van der Waals surface area contributed by atoms with Gasteiger partial charge in [-0.1, -0.05) is 6.07 Å². The fourth-order valence-corrected chi connectivity index (χ4v) is 2.37. The van der Waals surface area contributed by atoms with E-state index in [4.69, 9.17) is 14.9 Å². The average molecular weight is 292 g/mol. The molecule has 0 spiro atoms. The summed E-state index contributed by atoms with van der Waals surface area (Å²) in [5.41, 5.74) is 6.47. The van der Waals surface area contributed by atoms with Crippen molar-refractivity contribution in [3.05, 3.63) is 28.3 Å². The van der Waals surface area contributed by atoms with Gasteiger partial charge in [0.25, 0.3) is 11.7 Å². The smallest absolute Gasteiger partial charge is 0.298 e. The molecule has 1 aromatic heterocycles. The van der Waals surface area contributed by atoms with Crippen molar-refractivity contribution < 1.29 is 14.1 Å². The highest BCUT2D eigenvalue weighted by molar-refractivity contribution is 5.84. The van der Waals surface area contributed by atoms with Crippen LogP contribution in [0.25, 0.3) is 11.1 Å². The number of morpholine rings is 1. The number of oxazole rings is 1. The van der Waals surface area contributed by atoms with E-state index in [9.17, 15) is 10.1 Å². The van der Waals surface area contributed by atoms with Crippen LogP contribution < -0.4 is 10.6 Å². The van der Waals surface area contributed by atoms with Crippen molar-refractivity contribution in [2.75, 3.05) is 24.6 Å². The highest BCUT2D eigenvalue weighted by Gasteiger charge is 2.27. The van der Waals surface area contributed by atoms with Crippen LogP contribution >= 0.6 is 0 Å². The van der Waals surface area contributed by atoms with E-state index in [1.54, 1.807) is 12.1 Å². The summed E-state index contributed by atoms with van der Waals surface area (Å²) < 4.78 is 11.2. The molecule has 8 heteroatoms. The first kappa shape index (κ1) is 13.8. The maximum atomic E-state index is 11.0. The summed E-state index contributed by atoms with van der Waals surface area (Å²) in [6.45, 7) is 3.57. The molecule has 112 valence electrons. The van der Waals surface area contributed by atoms with Crippen molar-refractivity contribution in [1.29, 1.82) is 0 Å². The van der Waals surface area contributed by atoms with Gasteiger partial charge in [-0.3, -0.25) is 10.1 Å². The molecule has 1 saturated heterocycles. The van der Waals surface area contributed by atoms with Crippen molar-refractivity contribution in [3.8, 4) is 0 Å². The molecule has 21 heavy (non-hydrogen) atoms. The van der Waals surface area contributed by atoms with Gasteiger partial charge in [0.2, 0.25) is 0 Å². The number of nitrogens with two attached hydrogens (primary N) is 1. The lowest BCUT2D eigenvalue weighted by molar-refractivity contribution is -0.383. The standard InChI is InChI=1S/C13H16N4O4/c1-8(14)11-7-16(5-6-20-11)13-15-12-9(17(18)19)3-2-4-10(12)21-13/h2-4,8,11H,5-7,14H2,1H3. The van der Waals surface area contributed by atoms with E-state index in [1.165, 1.54) is 6.07 Å². The molecule has 2 N–H and O–H groups in total. The summed E-state index contributed by atoms with van der Waals surface area (Å²) in [5.74, 6) is 0. The molecule has 2 aromatic rings. The second-order valence-electron chi connectivity index (χ2n) is 5.09. The highest BCUT2D eigenvalue weighted by atomic mass is 16.6. The Hall–Kier alpha value is -2.19. The first-order valence-corrected chi connectivity index (χ1v) is 6.72. The number of nitro groups is 1. The van der Waals surface area contributed by atoms with Gasteiger partial charge < -0.3 is 19.8 Å². The van der Waals surface area contributed by atoms with Gasteiger partial charge in [0, 0.05) is 18.7 Å².